The predicted molar refractivity (Wildman–Crippen MR) is 75.7 cm³/mol. The summed E-state index contributed by atoms with van der Waals surface area (Å²) >= 11 is 0. The van der Waals surface area contributed by atoms with E-state index >= 15 is 0 Å². The van der Waals surface area contributed by atoms with E-state index in [4.69, 9.17) is 5.73 Å². The van der Waals surface area contributed by atoms with Gasteiger partial charge in [0, 0.05) is 6.54 Å². The van der Waals surface area contributed by atoms with Crippen molar-refractivity contribution < 1.29 is 13.2 Å². The lowest BCUT2D eigenvalue weighted by Gasteiger charge is -2.13. The standard InChI is InChI=1S/C15H18F3N3/c1-9-2-3-10(6-9)8-21-13-5-4-11(15(16,17)18)7-12(13)20-14(21)19/h4-5,7,9-10H,2-3,6,8H2,1H3,(H2,19,20). The summed E-state index contributed by atoms with van der Waals surface area (Å²) in [7, 11) is 0. The first-order valence-corrected chi connectivity index (χ1v) is 7.17. The molecule has 21 heavy (non-hydrogen) atoms. The molecule has 1 heterocycles. The van der Waals surface area contributed by atoms with E-state index in [0.717, 1.165) is 31.5 Å². The number of nitrogens with zero attached hydrogens (tertiary/aromatic N) is 2. The van der Waals surface area contributed by atoms with Crippen molar-refractivity contribution in [3.8, 4) is 0 Å². The zero-order valence-electron chi connectivity index (χ0n) is 11.8. The van der Waals surface area contributed by atoms with Crippen LogP contribution in [0.25, 0.3) is 11.0 Å². The summed E-state index contributed by atoms with van der Waals surface area (Å²) in [5.41, 5.74) is 6.20. The molecule has 1 saturated carbocycles. The van der Waals surface area contributed by atoms with Crippen LogP contribution in [0.15, 0.2) is 18.2 Å². The summed E-state index contributed by atoms with van der Waals surface area (Å²) < 4.78 is 40.0. The third-order valence-electron chi connectivity index (χ3n) is 4.35. The topological polar surface area (TPSA) is 43.8 Å². The molecule has 0 aliphatic heterocycles. The Balaban J connectivity index is 1.94. The summed E-state index contributed by atoms with van der Waals surface area (Å²) in [4.78, 5) is 4.09. The van der Waals surface area contributed by atoms with Gasteiger partial charge < -0.3 is 10.3 Å². The minimum absolute atomic E-state index is 0.295. The van der Waals surface area contributed by atoms with Gasteiger partial charge in [-0.25, -0.2) is 4.98 Å². The molecule has 1 aliphatic rings. The van der Waals surface area contributed by atoms with Gasteiger partial charge in [-0.2, -0.15) is 13.2 Å². The number of halogens is 3. The Morgan fingerprint density at radius 3 is 2.71 bits per heavy atom. The average Bonchev–Trinajstić information content (AvgIpc) is 2.93. The number of nitrogens with two attached hydrogens (primary N) is 1. The van der Waals surface area contributed by atoms with Gasteiger partial charge in [0.15, 0.2) is 0 Å². The van der Waals surface area contributed by atoms with E-state index in [-0.39, 0.29) is 0 Å². The van der Waals surface area contributed by atoms with Crippen molar-refractivity contribution in [1.82, 2.24) is 9.55 Å². The highest BCUT2D eigenvalue weighted by molar-refractivity contribution is 5.79. The third-order valence-corrected chi connectivity index (χ3v) is 4.35. The summed E-state index contributed by atoms with van der Waals surface area (Å²) in [6.07, 6.45) is -0.871. The minimum atomic E-state index is -4.35. The molecule has 1 aliphatic carbocycles. The molecule has 3 rings (SSSR count). The van der Waals surface area contributed by atoms with Gasteiger partial charge in [-0.15, -0.1) is 0 Å². The molecule has 1 aromatic carbocycles. The second-order valence-corrected chi connectivity index (χ2v) is 6.07. The van der Waals surface area contributed by atoms with Crippen LogP contribution in [0.3, 0.4) is 0 Å². The Hall–Kier alpha value is -1.72. The number of benzene rings is 1. The Morgan fingerprint density at radius 2 is 2.10 bits per heavy atom. The Bertz CT molecular complexity index is 660. The van der Waals surface area contributed by atoms with Crippen LogP contribution in [-0.4, -0.2) is 9.55 Å². The molecule has 2 unspecified atom stereocenters. The largest absolute Gasteiger partial charge is 0.416 e. The first kappa shape index (κ1) is 14.2. The number of fused-ring (bicyclic) bond motifs is 1. The fourth-order valence-electron chi connectivity index (χ4n) is 3.27. The zero-order valence-corrected chi connectivity index (χ0v) is 11.8. The molecule has 0 spiro atoms. The molecule has 2 aromatic rings. The Morgan fingerprint density at radius 1 is 1.33 bits per heavy atom. The summed E-state index contributed by atoms with van der Waals surface area (Å²) in [5.74, 6) is 1.54. The maximum absolute atomic E-state index is 12.7. The lowest BCUT2D eigenvalue weighted by Crippen LogP contribution is -2.10. The molecule has 0 bridgehead atoms. The quantitative estimate of drug-likeness (QED) is 0.908. The van der Waals surface area contributed by atoms with Crippen LogP contribution < -0.4 is 5.73 Å². The molecule has 2 N–H and O–H groups in total. The van der Waals surface area contributed by atoms with Gasteiger partial charge in [0.25, 0.3) is 0 Å². The molecule has 2 atom stereocenters. The van der Waals surface area contributed by atoms with Crippen LogP contribution in [0, 0.1) is 11.8 Å². The van der Waals surface area contributed by atoms with Crippen LogP contribution >= 0.6 is 0 Å². The molecule has 114 valence electrons. The van der Waals surface area contributed by atoms with Gasteiger partial charge in [0.1, 0.15) is 0 Å². The molecule has 0 saturated heterocycles. The molecule has 6 heteroatoms. The summed E-state index contributed by atoms with van der Waals surface area (Å²) in [6.45, 7) is 2.96. The SMILES string of the molecule is CC1CCC(Cn2c(N)nc3cc(C(F)(F)F)ccc32)C1. The molecule has 0 radical (unpaired) electrons. The van der Waals surface area contributed by atoms with E-state index in [1.165, 1.54) is 12.5 Å². The van der Waals surface area contributed by atoms with E-state index in [9.17, 15) is 13.2 Å². The zero-order chi connectivity index (χ0) is 15.2. The van der Waals surface area contributed by atoms with Crippen LogP contribution in [0.4, 0.5) is 19.1 Å². The van der Waals surface area contributed by atoms with Gasteiger partial charge >= 0.3 is 6.18 Å². The summed E-state index contributed by atoms with van der Waals surface area (Å²) in [5, 5.41) is 0. The number of alkyl halides is 3. The Kier molecular flexibility index (Phi) is 3.34. The second kappa shape index (κ2) is 4.93. The molecule has 1 aromatic heterocycles. The first-order valence-electron chi connectivity index (χ1n) is 7.17. The van der Waals surface area contributed by atoms with Gasteiger partial charge in [0.2, 0.25) is 5.95 Å². The van der Waals surface area contributed by atoms with Gasteiger partial charge in [-0.05, 0) is 42.9 Å². The highest BCUT2D eigenvalue weighted by Crippen LogP contribution is 2.35. The molecular weight excluding hydrogens is 279 g/mol. The maximum Gasteiger partial charge on any atom is 0.416 e. The van der Waals surface area contributed by atoms with Crippen molar-refractivity contribution >= 4 is 17.0 Å². The van der Waals surface area contributed by atoms with E-state index < -0.39 is 11.7 Å². The predicted octanol–water partition coefficient (Wildman–Crippen LogP) is 4.07. The van der Waals surface area contributed by atoms with Crippen molar-refractivity contribution in [1.29, 1.82) is 0 Å². The van der Waals surface area contributed by atoms with E-state index in [2.05, 4.69) is 11.9 Å². The number of nitrogen functional groups attached to an aromatic ring is 1. The second-order valence-electron chi connectivity index (χ2n) is 6.07. The van der Waals surface area contributed by atoms with Crippen molar-refractivity contribution in [3.05, 3.63) is 23.8 Å². The highest BCUT2D eigenvalue weighted by atomic mass is 19.4. The number of hydrogen-bond acceptors (Lipinski definition) is 2. The van der Waals surface area contributed by atoms with Crippen LogP contribution in [0.1, 0.15) is 31.7 Å². The fourth-order valence-corrected chi connectivity index (χ4v) is 3.27. The first-order chi connectivity index (χ1) is 9.84. The molecule has 3 nitrogen and oxygen atoms in total. The Labute approximate surface area is 121 Å². The van der Waals surface area contributed by atoms with Crippen molar-refractivity contribution in [3.63, 3.8) is 0 Å². The number of rotatable bonds is 2. The minimum Gasteiger partial charge on any atom is -0.369 e. The number of anilines is 1. The van der Waals surface area contributed by atoms with Crippen molar-refractivity contribution in [2.75, 3.05) is 5.73 Å². The van der Waals surface area contributed by atoms with E-state index in [0.29, 0.717) is 28.8 Å². The van der Waals surface area contributed by atoms with Crippen molar-refractivity contribution in [2.24, 2.45) is 11.8 Å². The van der Waals surface area contributed by atoms with Crippen LogP contribution in [0.5, 0.6) is 0 Å². The van der Waals surface area contributed by atoms with Crippen LogP contribution in [-0.2, 0) is 12.7 Å². The number of hydrogen-bond donors (Lipinski definition) is 1. The number of imidazole rings is 1. The molecule has 1 fully saturated rings. The summed E-state index contributed by atoms with van der Waals surface area (Å²) in [6, 6.07) is 3.64. The van der Waals surface area contributed by atoms with Gasteiger partial charge in [-0.1, -0.05) is 13.3 Å². The van der Waals surface area contributed by atoms with E-state index in [1.54, 1.807) is 0 Å². The third kappa shape index (κ3) is 2.71. The smallest absolute Gasteiger partial charge is 0.369 e. The maximum atomic E-state index is 12.7. The van der Waals surface area contributed by atoms with Gasteiger partial charge in [0.05, 0.1) is 16.6 Å². The molecular formula is C15H18F3N3. The normalized spacial score (nSPS) is 23.0. The van der Waals surface area contributed by atoms with Crippen LogP contribution in [0.2, 0.25) is 0 Å². The average molecular weight is 297 g/mol. The number of aromatic nitrogens is 2. The van der Waals surface area contributed by atoms with Gasteiger partial charge in [-0.3, -0.25) is 0 Å². The highest BCUT2D eigenvalue weighted by Gasteiger charge is 2.31. The monoisotopic (exact) mass is 297 g/mol. The molecule has 0 amide bonds. The lowest BCUT2D eigenvalue weighted by atomic mass is 10.1. The fraction of sp³-hybridized carbons (Fsp3) is 0.533. The van der Waals surface area contributed by atoms with Crippen molar-refractivity contribution in [2.45, 2.75) is 38.9 Å². The van der Waals surface area contributed by atoms with E-state index in [1.807, 2.05) is 4.57 Å². The lowest BCUT2D eigenvalue weighted by molar-refractivity contribution is -0.137.